The van der Waals surface area contributed by atoms with E-state index in [2.05, 4.69) is 18.8 Å². The Balaban J connectivity index is 2.39. The van der Waals surface area contributed by atoms with Gasteiger partial charge in [0, 0.05) is 6.61 Å². The van der Waals surface area contributed by atoms with E-state index in [1.807, 2.05) is 0 Å². The molecular weight excluding hydrogens is 224 g/mol. The fourth-order valence-corrected chi connectivity index (χ4v) is 1.70. The number of aromatic nitrogens is 1. The maximum atomic E-state index is 5.97. The zero-order chi connectivity index (χ0) is 12.0. The van der Waals surface area contributed by atoms with Crippen LogP contribution in [0.15, 0.2) is 12.1 Å². The predicted octanol–water partition coefficient (Wildman–Crippen LogP) is 3.27. The van der Waals surface area contributed by atoms with Crippen LogP contribution in [-0.4, -0.2) is 11.6 Å². The van der Waals surface area contributed by atoms with Gasteiger partial charge in [0.2, 0.25) is 0 Å². The van der Waals surface area contributed by atoms with Gasteiger partial charge >= 0.3 is 0 Å². The highest BCUT2D eigenvalue weighted by Crippen LogP contribution is 2.16. The first-order valence-corrected chi connectivity index (χ1v) is 6.00. The summed E-state index contributed by atoms with van der Waals surface area (Å²) in [6.07, 6.45) is 2.36. The minimum Gasteiger partial charge on any atom is -0.384 e. The summed E-state index contributed by atoms with van der Waals surface area (Å²) in [6.45, 7) is 5.52. The number of hydrogen-bond donors (Lipinski definition) is 1. The van der Waals surface area contributed by atoms with Gasteiger partial charge in [-0.15, -0.1) is 0 Å². The molecule has 1 atom stereocenters. The Kier molecular flexibility index (Phi) is 5.56. The molecule has 0 saturated heterocycles. The van der Waals surface area contributed by atoms with E-state index in [-0.39, 0.29) is 0 Å². The summed E-state index contributed by atoms with van der Waals surface area (Å²) in [5, 5.41) is 0.609. The number of halogens is 1. The molecule has 0 saturated carbocycles. The van der Waals surface area contributed by atoms with E-state index in [9.17, 15) is 0 Å². The van der Waals surface area contributed by atoms with Crippen LogP contribution in [0.4, 0.5) is 5.82 Å². The molecule has 4 heteroatoms. The number of ether oxygens (including phenoxy) is 1. The first-order chi connectivity index (χ1) is 7.63. The molecule has 0 aromatic carbocycles. The summed E-state index contributed by atoms with van der Waals surface area (Å²) in [5.74, 6) is 1.05. The zero-order valence-electron chi connectivity index (χ0n) is 9.87. The van der Waals surface area contributed by atoms with Crippen molar-refractivity contribution >= 4 is 17.4 Å². The van der Waals surface area contributed by atoms with Crippen molar-refractivity contribution in [3.63, 3.8) is 0 Å². The average Bonchev–Trinajstić information content (AvgIpc) is 2.23. The van der Waals surface area contributed by atoms with Crippen LogP contribution in [-0.2, 0) is 11.3 Å². The summed E-state index contributed by atoms with van der Waals surface area (Å²) in [4.78, 5) is 4.14. The average molecular weight is 243 g/mol. The molecule has 0 aliphatic rings. The summed E-state index contributed by atoms with van der Waals surface area (Å²) in [5.41, 5.74) is 6.29. The van der Waals surface area contributed by atoms with Gasteiger partial charge in [-0.1, -0.05) is 31.9 Å². The van der Waals surface area contributed by atoms with Crippen molar-refractivity contribution < 1.29 is 4.74 Å². The Morgan fingerprint density at radius 1 is 1.50 bits per heavy atom. The second-order valence-electron chi connectivity index (χ2n) is 4.07. The SMILES string of the molecule is CCCC(C)COCc1nc(N)ccc1Cl. The third-order valence-electron chi connectivity index (χ3n) is 2.36. The highest BCUT2D eigenvalue weighted by Gasteiger charge is 2.05. The van der Waals surface area contributed by atoms with Crippen molar-refractivity contribution in [2.45, 2.75) is 33.3 Å². The fraction of sp³-hybridized carbons (Fsp3) is 0.583. The third-order valence-corrected chi connectivity index (χ3v) is 2.71. The standard InChI is InChI=1S/C12H19ClN2O/c1-3-4-9(2)7-16-8-11-10(13)5-6-12(14)15-11/h5-6,9H,3-4,7-8H2,1-2H3,(H2,14,15). The molecular formula is C12H19ClN2O. The Morgan fingerprint density at radius 3 is 2.94 bits per heavy atom. The Morgan fingerprint density at radius 2 is 2.25 bits per heavy atom. The van der Waals surface area contributed by atoms with Crippen LogP contribution in [0.3, 0.4) is 0 Å². The van der Waals surface area contributed by atoms with Crippen molar-refractivity contribution in [2.24, 2.45) is 5.92 Å². The lowest BCUT2D eigenvalue weighted by Crippen LogP contribution is -2.07. The molecule has 2 N–H and O–H groups in total. The summed E-state index contributed by atoms with van der Waals surface area (Å²) in [6, 6.07) is 3.43. The molecule has 0 bridgehead atoms. The first-order valence-electron chi connectivity index (χ1n) is 5.62. The number of hydrogen-bond acceptors (Lipinski definition) is 3. The molecule has 0 fully saturated rings. The van der Waals surface area contributed by atoms with E-state index in [1.54, 1.807) is 12.1 Å². The minimum atomic E-state index is 0.428. The molecule has 16 heavy (non-hydrogen) atoms. The number of nitrogens with zero attached hydrogens (tertiary/aromatic N) is 1. The van der Waals surface area contributed by atoms with Crippen LogP contribution < -0.4 is 5.73 Å². The van der Waals surface area contributed by atoms with Gasteiger partial charge in [0.1, 0.15) is 5.82 Å². The normalized spacial score (nSPS) is 12.7. The maximum Gasteiger partial charge on any atom is 0.123 e. The molecule has 1 rings (SSSR count). The van der Waals surface area contributed by atoms with Gasteiger partial charge in [-0.2, -0.15) is 0 Å². The van der Waals surface area contributed by atoms with Gasteiger partial charge < -0.3 is 10.5 Å². The van der Waals surface area contributed by atoms with Gasteiger partial charge in [0.25, 0.3) is 0 Å². The van der Waals surface area contributed by atoms with Crippen LogP contribution in [0.1, 0.15) is 32.4 Å². The molecule has 3 nitrogen and oxygen atoms in total. The summed E-state index contributed by atoms with van der Waals surface area (Å²) >= 11 is 5.97. The number of nitrogen functional groups attached to an aromatic ring is 1. The third kappa shape index (κ3) is 4.37. The lowest BCUT2D eigenvalue weighted by atomic mass is 10.1. The summed E-state index contributed by atoms with van der Waals surface area (Å²) < 4.78 is 5.57. The van der Waals surface area contributed by atoms with E-state index in [1.165, 1.54) is 12.8 Å². The number of nitrogens with two attached hydrogens (primary N) is 1. The van der Waals surface area contributed by atoms with Gasteiger partial charge in [0.15, 0.2) is 0 Å². The van der Waals surface area contributed by atoms with Crippen molar-refractivity contribution in [1.82, 2.24) is 4.98 Å². The molecule has 1 aromatic rings. The molecule has 1 unspecified atom stereocenters. The highest BCUT2D eigenvalue weighted by molar-refractivity contribution is 6.31. The maximum absolute atomic E-state index is 5.97. The van der Waals surface area contributed by atoms with Gasteiger partial charge in [0.05, 0.1) is 17.3 Å². The van der Waals surface area contributed by atoms with E-state index < -0.39 is 0 Å². The smallest absolute Gasteiger partial charge is 0.123 e. The first kappa shape index (κ1) is 13.3. The van der Waals surface area contributed by atoms with Crippen LogP contribution in [0.2, 0.25) is 5.02 Å². The van der Waals surface area contributed by atoms with Gasteiger partial charge in [-0.25, -0.2) is 4.98 Å². The molecule has 1 heterocycles. The lowest BCUT2D eigenvalue weighted by molar-refractivity contribution is 0.0873. The Bertz CT molecular complexity index is 331. The number of anilines is 1. The zero-order valence-corrected chi connectivity index (χ0v) is 10.6. The van der Waals surface area contributed by atoms with Crippen molar-refractivity contribution in [3.05, 3.63) is 22.8 Å². The van der Waals surface area contributed by atoms with Crippen molar-refractivity contribution in [3.8, 4) is 0 Å². The van der Waals surface area contributed by atoms with Crippen LogP contribution in [0, 0.1) is 5.92 Å². The van der Waals surface area contributed by atoms with Gasteiger partial charge in [-0.3, -0.25) is 0 Å². The lowest BCUT2D eigenvalue weighted by Gasteiger charge is -2.11. The van der Waals surface area contributed by atoms with Crippen LogP contribution in [0.5, 0.6) is 0 Å². The predicted molar refractivity (Wildman–Crippen MR) is 67.4 cm³/mol. The Labute approximate surface area is 102 Å². The molecule has 0 aliphatic heterocycles. The molecule has 1 aromatic heterocycles. The molecule has 90 valence electrons. The quantitative estimate of drug-likeness (QED) is 0.833. The van der Waals surface area contributed by atoms with E-state index in [0.717, 1.165) is 6.61 Å². The van der Waals surface area contributed by atoms with Crippen molar-refractivity contribution in [2.75, 3.05) is 12.3 Å². The fourth-order valence-electron chi connectivity index (χ4n) is 1.54. The molecule has 0 spiro atoms. The minimum absolute atomic E-state index is 0.428. The summed E-state index contributed by atoms with van der Waals surface area (Å²) in [7, 11) is 0. The number of rotatable bonds is 6. The van der Waals surface area contributed by atoms with Crippen molar-refractivity contribution in [1.29, 1.82) is 0 Å². The monoisotopic (exact) mass is 242 g/mol. The van der Waals surface area contributed by atoms with Crippen LogP contribution >= 0.6 is 11.6 Å². The highest BCUT2D eigenvalue weighted by atomic mass is 35.5. The second-order valence-corrected chi connectivity index (χ2v) is 4.48. The van der Waals surface area contributed by atoms with Gasteiger partial charge in [-0.05, 0) is 24.5 Å². The topological polar surface area (TPSA) is 48.1 Å². The van der Waals surface area contributed by atoms with E-state index in [0.29, 0.717) is 29.1 Å². The number of pyridine rings is 1. The van der Waals surface area contributed by atoms with Crippen LogP contribution in [0.25, 0.3) is 0 Å². The molecule has 0 amide bonds. The molecule has 0 radical (unpaired) electrons. The van der Waals surface area contributed by atoms with E-state index >= 15 is 0 Å². The second kappa shape index (κ2) is 6.71. The largest absolute Gasteiger partial charge is 0.384 e. The van der Waals surface area contributed by atoms with E-state index in [4.69, 9.17) is 22.1 Å². The molecule has 0 aliphatic carbocycles. The Hall–Kier alpha value is -0.800.